The highest BCUT2D eigenvalue weighted by Gasteiger charge is 2.22. The molecule has 0 amide bonds. The van der Waals surface area contributed by atoms with Gasteiger partial charge in [0.05, 0.1) is 0 Å². The maximum atomic E-state index is 14.1. The Morgan fingerprint density at radius 3 is 2.25 bits per heavy atom. The Morgan fingerprint density at radius 1 is 1.31 bits per heavy atom. The van der Waals surface area contributed by atoms with Gasteiger partial charge in [-0.1, -0.05) is 20.8 Å². The molecule has 1 aromatic carbocycles. The normalized spacial score (nSPS) is 11.7. The third kappa shape index (κ3) is 2.87. The summed E-state index contributed by atoms with van der Waals surface area (Å²) in [4.78, 5) is 2.04. The van der Waals surface area contributed by atoms with Gasteiger partial charge in [-0.05, 0) is 47.1 Å². The molecule has 0 radical (unpaired) electrons. The third-order valence-corrected chi connectivity index (χ3v) is 3.54. The molecule has 0 spiro atoms. The van der Waals surface area contributed by atoms with Crippen LogP contribution < -0.4 is 4.90 Å². The zero-order valence-corrected chi connectivity index (χ0v) is 12.7. The highest BCUT2D eigenvalue weighted by Crippen LogP contribution is 2.32. The van der Waals surface area contributed by atoms with Gasteiger partial charge in [0, 0.05) is 28.4 Å². The fourth-order valence-electron chi connectivity index (χ4n) is 1.68. The molecule has 0 fully saturated rings. The molecule has 1 aromatic rings. The molecule has 0 aliphatic carbocycles. The highest BCUT2D eigenvalue weighted by molar-refractivity contribution is 14.1. The van der Waals surface area contributed by atoms with Crippen LogP contribution in [0.25, 0.3) is 0 Å². The molecule has 0 saturated carbocycles. The van der Waals surface area contributed by atoms with Gasteiger partial charge in [0.15, 0.2) is 0 Å². The first kappa shape index (κ1) is 13.7. The highest BCUT2D eigenvalue weighted by atomic mass is 127. The maximum absolute atomic E-state index is 14.1. The van der Waals surface area contributed by atoms with Gasteiger partial charge < -0.3 is 4.90 Å². The molecular formula is C13H19FIN. The molecule has 1 nitrogen and oxygen atoms in total. The van der Waals surface area contributed by atoms with E-state index in [-0.39, 0.29) is 11.2 Å². The monoisotopic (exact) mass is 335 g/mol. The van der Waals surface area contributed by atoms with Crippen LogP contribution in [-0.4, -0.2) is 13.6 Å². The standard InChI is InChI=1S/C13H19FIN/c1-6-16(5)9-7-10(14)12(11(15)8-9)13(2,3)4/h7-8H,6H2,1-5H3. The molecule has 0 aromatic heterocycles. The van der Waals surface area contributed by atoms with Crippen molar-refractivity contribution < 1.29 is 4.39 Å². The quantitative estimate of drug-likeness (QED) is 0.733. The second-order valence-electron chi connectivity index (χ2n) is 5.05. The molecule has 0 aliphatic heterocycles. The van der Waals surface area contributed by atoms with E-state index in [9.17, 15) is 4.39 Å². The maximum Gasteiger partial charge on any atom is 0.130 e. The lowest BCUT2D eigenvalue weighted by molar-refractivity contribution is 0.519. The van der Waals surface area contributed by atoms with Gasteiger partial charge in [-0.25, -0.2) is 4.39 Å². The number of halogens is 2. The summed E-state index contributed by atoms with van der Waals surface area (Å²) in [5.74, 6) is -0.102. The fraction of sp³-hybridized carbons (Fsp3) is 0.538. The zero-order valence-electron chi connectivity index (χ0n) is 10.6. The predicted octanol–water partition coefficient (Wildman–Crippen LogP) is 4.18. The average Bonchev–Trinajstić information content (AvgIpc) is 2.13. The lowest BCUT2D eigenvalue weighted by Crippen LogP contribution is -2.19. The van der Waals surface area contributed by atoms with Crippen molar-refractivity contribution in [2.75, 3.05) is 18.5 Å². The minimum Gasteiger partial charge on any atom is -0.375 e. The molecular weight excluding hydrogens is 316 g/mol. The molecule has 1 rings (SSSR count). The van der Waals surface area contributed by atoms with Crippen molar-refractivity contribution in [1.82, 2.24) is 0 Å². The summed E-state index contributed by atoms with van der Waals surface area (Å²) < 4.78 is 15.1. The number of anilines is 1. The summed E-state index contributed by atoms with van der Waals surface area (Å²) in [6, 6.07) is 3.68. The molecule has 90 valence electrons. The first-order valence-electron chi connectivity index (χ1n) is 5.48. The lowest BCUT2D eigenvalue weighted by Gasteiger charge is -2.24. The first-order valence-corrected chi connectivity index (χ1v) is 6.56. The van der Waals surface area contributed by atoms with Crippen molar-refractivity contribution in [3.8, 4) is 0 Å². The second-order valence-corrected chi connectivity index (χ2v) is 6.21. The van der Waals surface area contributed by atoms with Crippen LogP contribution in [0.1, 0.15) is 33.3 Å². The zero-order chi connectivity index (χ0) is 12.5. The van der Waals surface area contributed by atoms with E-state index < -0.39 is 0 Å². The van der Waals surface area contributed by atoms with E-state index in [2.05, 4.69) is 29.5 Å². The van der Waals surface area contributed by atoms with Crippen molar-refractivity contribution in [1.29, 1.82) is 0 Å². The second kappa shape index (κ2) is 4.90. The smallest absolute Gasteiger partial charge is 0.130 e. The summed E-state index contributed by atoms with van der Waals surface area (Å²) in [6.07, 6.45) is 0. The van der Waals surface area contributed by atoms with E-state index in [4.69, 9.17) is 0 Å². The Kier molecular flexibility index (Phi) is 4.21. The van der Waals surface area contributed by atoms with E-state index >= 15 is 0 Å². The van der Waals surface area contributed by atoms with Crippen LogP contribution in [0.2, 0.25) is 0 Å². The largest absolute Gasteiger partial charge is 0.375 e. The van der Waals surface area contributed by atoms with Gasteiger partial charge in [0.25, 0.3) is 0 Å². The Balaban J connectivity index is 3.28. The predicted molar refractivity (Wildman–Crippen MR) is 76.8 cm³/mol. The van der Waals surface area contributed by atoms with Crippen molar-refractivity contribution in [2.45, 2.75) is 33.1 Å². The molecule has 0 aliphatic rings. The summed E-state index contributed by atoms with van der Waals surface area (Å²) in [7, 11) is 1.97. The van der Waals surface area contributed by atoms with Gasteiger partial charge >= 0.3 is 0 Å². The van der Waals surface area contributed by atoms with Crippen molar-refractivity contribution >= 4 is 28.3 Å². The van der Waals surface area contributed by atoms with Gasteiger partial charge in [-0.3, -0.25) is 0 Å². The summed E-state index contributed by atoms with van der Waals surface area (Å²) in [5, 5.41) is 0. The van der Waals surface area contributed by atoms with Gasteiger partial charge in [0.1, 0.15) is 5.82 Å². The first-order chi connectivity index (χ1) is 7.27. The molecule has 16 heavy (non-hydrogen) atoms. The summed E-state index contributed by atoms with van der Waals surface area (Å²) in [6.45, 7) is 9.05. The lowest BCUT2D eigenvalue weighted by atomic mass is 9.86. The van der Waals surface area contributed by atoms with Crippen molar-refractivity contribution in [3.05, 3.63) is 27.1 Å². The Hall–Kier alpha value is -0.320. The number of benzene rings is 1. The number of nitrogens with zero attached hydrogens (tertiary/aromatic N) is 1. The number of hydrogen-bond acceptors (Lipinski definition) is 1. The Bertz CT molecular complexity index is 359. The van der Waals surface area contributed by atoms with Crippen LogP contribution in [0.5, 0.6) is 0 Å². The van der Waals surface area contributed by atoms with Gasteiger partial charge in [0.2, 0.25) is 0 Å². The molecule has 0 heterocycles. The van der Waals surface area contributed by atoms with E-state index in [0.29, 0.717) is 0 Å². The van der Waals surface area contributed by atoms with Gasteiger partial charge in [-0.15, -0.1) is 0 Å². The van der Waals surface area contributed by atoms with Gasteiger partial charge in [-0.2, -0.15) is 0 Å². The number of hydrogen-bond donors (Lipinski definition) is 0. The topological polar surface area (TPSA) is 3.24 Å². The molecule has 0 bridgehead atoms. The molecule has 3 heteroatoms. The Labute approximate surface area is 111 Å². The fourth-order valence-corrected chi connectivity index (χ4v) is 3.06. The molecule has 0 N–H and O–H groups in total. The van der Waals surface area contributed by atoms with Crippen LogP contribution in [0.4, 0.5) is 10.1 Å². The average molecular weight is 335 g/mol. The van der Waals surface area contributed by atoms with Crippen LogP contribution >= 0.6 is 22.6 Å². The summed E-state index contributed by atoms with van der Waals surface area (Å²) in [5.41, 5.74) is 1.60. The van der Waals surface area contributed by atoms with Crippen molar-refractivity contribution in [3.63, 3.8) is 0 Å². The van der Waals surface area contributed by atoms with E-state index in [1.165, 1.54) is 0 Å². The van der Waals surface area contributed by atoms with Crippen molar-refractivity contribution in [2.24, 2.45) is 0 Å². The van der Waals surface area contributed by atoms with Crippen LogP contribution in [0.15, 0.2) is 12.1 Å². The minimum absolute atomic E-state index is 0.102. The van der Waals surface area contributed by atoms with Crippen LogP contribution in [0.3, 0.4) is 0 Å². The number of rotatable bonds is 2. The molecule has 0 unspecified atom stereocenters. The van der Waals surface area contributed by atoms with Crippen LogP contribution in [-0.2, 0) is 5.41 Å². The minimum atomic E-state index is -0.149. The van der Waals surface area contributed by atoms with E-state index in [1.54, 1.807) is 6.07 Å². The molecule has 0 atom stereocenters. The van der Waals surface area contributed by atoms with Crippen LogP contribution in [0, 0.1) is 9.39 Å². The van der Waals surface area contributed by atoms with E-state index in [0.717, 1.165) is 21.4 Å². The SMILES string of the molecule is CCN(C)c1cc(F)c(C(C)(C)C)c(I)c1. The third-order valence-electron chi connectivity index (χ3n) is 2.69. The molecule has 0 saturated heterocycles. The van der Waals surface area contributed by atoms with E-state index in [1.807, 2.05) is 38.8 Å². The Morgan fingerprint density at radius 2 is 1.88 bits per heavy atom. The summed E-state index contributed by atoms with van der Waals surface area (Å²) >= 11 is 2.22.